The molecule has 1 heterocycles. The van der Waals surface area contributed by atoms with Gasteiger partial charge in [-0.2, -0.15) is 0 Å². The van der Waals surface area contributed by atoms with Gasteiger partial charge in [-0.25, -0.2) is 4.99 Å². The predicted molar refractivity (Wildman–Crippen MR) is 126 cm³/mol. The van der Waals surface area contributed by atoms with Crippen molar-refractivity contribution in [1.82, 2.24) is 5.32 Å². The lowest BCUT2D eigenvalue weighted by Gasteiger charge is -2.14. The van der Waals surface area contributed by atoms with E-state index in [-0.39, 0.29) is 5.91 Å². The zero-order valence-electron chi connectivity index (χ0n) is 16.7. The molecule has 1 aliphatic heterocycles. The van der Waals surface area contributed by atoms with Crippen molar-refractivity contribution in [3.8, 4) is 11.5 Å². The highest BCUT2D eigenvalue weighted by atomic mass is 35.5. The summed E-state index contributed by atoms with van der Waals surface area (Å²) >= 11 is 7.24. The molecule has 0 bridgehead atoms. The minimum absolute atomic E-state index is 0.203. The Labute approximate surface area is 189 Å². The lowest BCUT2D eigenvalue weighted by Crippen LogP contribution is -2.19. The molecule has 156 valence electrons. The third-order valence-electron chi connectivity index (χ3n) is 4.45. The summed E-state index contributed by atoms with van der Waals surface area (Å²) in [5, 5.41) is 4.01. The standard InChI is InChI=1S/C24H19ClN2O3S/c1-29-20-9-5-6-17(22(20)30-15-16-10-12-18(25)13-11-16)14-21-23(28)27-24(31-21)26-19-7-3-2-4-8-19/h2-14H,15H2,1H3,(H,26,27,28)/b21-14+. The smallest absolute Gasteiger partial charge is 0.264 e. The van der Waals surface area contributed by atoms with Crippen LogP contribution in [-0.4, -0.2) is 18.2 Å². The fourth-order valence-corrected chi connectivity index (χ4v) is 3.90. The number of amidine groups is 1. The Bertz CT molecular complexity index is 1150. The van der Waals surface area contributed by atoms with E-state index in [1.165, 1.54) is 11.8 Å². The van der Waals surface area contributed by atoms with Gasteiger partial charge in [-0.05, 0) is 53.7 Å². The number of para-hydroxylation sites is 2. The molecule has 31 heavy (non-hydrogen) atoms. The summed E-state index contributed by atoms with van der Waals surface area (Å²) in [4.78, 5) is 17.5. The molecule has 0 unspecified atom stereocenters. The normalized spacial score (nSPS) is 15.9. The van der Waals surface area contributed by atoms with Gasteiger partial charge in [-0.15, -0.1) is 0 Å². The number of halogens is 1. The fraction of sp³-hybridized carbons (Fsp3) is 0.0833. The number of rotatable bonds is 6. The van der Waals surface area contributed by atoms with Crippen LogP contribution in [0.2, 0.25) is 5.02 Å². The number of ether oxygens (including phenoxy) is 2. The monoisotopic (exact) mass is 450 g/mol. The molecule has 1 saturated heterocycles. The summed E-state index contributed by atoms with van der Waals surface area (Å²) in [6.45, 7) is 0.341. The topological polar surface area (TPSA) is 59.9 Å². The van der Waals surface area contributed by atoms with E-state index in [0.717, 1.165) is 16.8 Å². The summed E-state index contributed by atoms with van der Waals surface area (Å²) in [6.07, 6.45) is 1.78. The van der Waals surface area contributed by atoms with Crippen molar-refractivity contribution in [3.05, 3.63) is 93.9 Å². The second-order valence-electron chi connectivity index (χ2n) is 6.61. The molecule has 1 N–H and O–H groups in total. The van der Waals surface area contributed by atoms with E-state index in [1.54, 1.807) is 13.2 Å². The maximum atomic E-state index is 12.5. The number of thioether (sulfide) groups is 1. The fourth-order valence-electron chi connectivity index (χ4n) is 2.94. The molecule has 0 atom stereocenters. The van der Waals surface area contributed by atoms with E-state index in [9.17, 15) is 4.79 Å². The van der Waals surface area contributed by atoms with Gasteiger partial charge in [0, 0.05) is 10.6 Å². The molecule has 3 aromatic carbocycles. The maximum absolute atomic E-state index is 12.5. The van der Waals surface area contributed by atoms with Crippen LogP contribution in [0.25, 0.3) is 6.08 Å². The zero-order chi connectivity index (χ0) is 21.6. The average Bonchev–Trinajstić information content (AvgIpc) is 3.13. The predicted octanol–water partition coefficient (Wildman–Crippen LogP) is 5.82. The molecule has 0 saturated carbocycles. The molecule has 3 aromatic rings. The van der Waals surface area contributed by atoms with Crippen LogP contribution in [0.15, 0.2) is 82.7 Å². The van der Waals surface area contributed by atoms with Crippen LogP contribution in [0.5, 0.6) is 11.5 Å². The van der Waals surface area contributed by atoms with E-state index in [2.05, 4.69) is 10.3 Å². The number of carbonyl (C=O) groups excluding carboxylic acids is 1. The van der Waals surface area contributed by atoms with Gasteiger partial charge in [0.1, 0.15) is 6.61 Å². The molecule has 0 aliphatic carbocycles. The Morgan fingerprint density at radius 1 is 1.03 bits per heavy atom. The summed E-state index contributed by atoms with van der Waals surface area (Å²) in [7, 11) is 1.59. The van der Waals surface area contributed by atoms with Gasteiger partial charge in [0.05, 0.1) is 17.7 Å². The molecule has 4 rings (SSSR count). The average molecular weight is 451 g/mol. The molecule has 5 nitrogen and oxygen atoms in total. The first-order chi connectivity index (χ1) is 15.1. The number of nitrogens with one attached hydrogen (secondary N) is 1. The molecule has 1 fully saturated rings. The molecular formula is C24H19ClN2O3S. The van der Waals surface area contributed by atoms with Crippen LogP contribution in [0, 0.1) is 0 Å². The number of methoxy groups -OCH3 is 1. The van der Waals surface area contributed by atoms with Crippen LogP contribution >= 0.6 is 23.4 Å². The van der Waals surface area contributed by atoms with Crippen molar-refractivity contribution in [2.45, 2.75) is 6.61 Å². The number of hydrogen-bond donors (Lipinski definition) is 1. The summed E-state index contributed by atoms with van der Waals surface area (Å²) in [5.41, 5.74) is 2.49. The highest BCUT2D eigenvalue weighted by molar-refractivity contribution is 8.18. The summed E-state index contributed by atoms with van der Waals surface area (Å²) in [5.74, 6) is 0.949. The number of amides is 1. The van der Waals surface area contributed by atoms with Gasteiger partial charge in [0.25, 0.3) is 5.91 Å². The molecule has 1 amide bonds. The third-order valence-corrected chi connectivity index (χ3v) is 5.61. The minimum Gasteiger partial charge on any atom is -0.493 e. The van der Waals surface area contributed by atoms with Crippen molar-refractivity contribution < 1.29 is 14.3 Å². The Morgan fingerprint density at radius 2 is 1.81 bits per heavy atom. The van der Waals surface area contributed by atoms with Crippen LogP contribution in [0.4, 0.5) is 5.69 Å². The molecule has 0 spiro atoms. The number of nitrogens with zero attached hydrogens (tertiary/aromatic N) is 1. The van der Waals surface area contributed by atoms with Crippen LogP contribution in [0.1, 0.15) is 11.1 Å². The largest absolute Gasteiger partial charge is 0.493 e. The summed E-state index contributed by atoms with van der Waals surface area (Å²) < 4.78 is 11.5. The van der Waals surface area contributed by atoms with E-state index in [1.807, 2.05) is 72.8 Å². The maximum Gasteiger partial charge on any atom is 0.264 e. The molecule has 1 aliphatic rings. The summed E-state index contributed by atoms with van der Waals surface area (Å²) in [6, 6.07) is 22.5. The van der Waals surface area contributed by atoms with Gasteiger partial charge < -0.3 is 14.8 Å². The van der Waals surface area contributed by atoms with E-state index >= 15 is 0 Å². The SMILES string of the molecule is COc1cccc(/C=C2/SC(=Nc3ccccc3)NC2=O)c1OCc1ccc(Cl)cc1. The van der Waals surface area contributed by atoms with Gasteiger partial charge in [0.2, 0.25) is 0 Å². The number of aliphatic imine (C=N–C) groups is 1. The Morgan fingerprint density at radius 3 is 2.55 bits per heavy atom. The number of benzene rings is 3. The van der Waals surface area contributed by atoms with Crippen molar-refractivity contribution in [3.63, 3.8) is 0 Å². The third kappa shape index (κ3) is 5.29. The first-order valence-electron chi connectivity index (χ1n) is 9.51. The Balaban J connectivity index is 1.58. The van der Waals surface area contributed by atoms with E-state index in [4.69, 9.17) is 21.1 Å². The first-order valence-corrected chi connectivity index (χ1v) is 10.7. The van der Waals surface area contributed by atoms with E-state index < -0.39 is 0 Å². The molecule has 0 aromatic heterocycles. The minimum atomic E-state index is -0.203. The highest BCUT2D eigenvalue weighted by Crippen LogP contribution is 2.36. The lowest BCUT2D eigenvalue weighted by atomic mass is 10.1. The van der Waals surface area contributed by atoms with E-state index in [0.29, 0.717) is 33.2 Å². The highest BCUT2D eigenvalue weighted by Gasteiger charge is 2.24. The van der Waals surface area contributed by atoms with Gasteiger partial charge in [-0.1, -0.05) is 54.1 Å². The molecular weight excluding hydrogens is 432 g/mol. The lowest BCUT2D eigenvalue weighted by molar-refractivity contribution is -0.115. The second kappa shape index (κ2) is 9.73. The van der Waals surface area contributed by atoms with Crippen molar-refractivity contribution >= 4 is 46.2 Å². The molecule has 0 radical (unpaired) electrons. The molecule has 7 heteroatoms. The number of carbonyl (C=O) groups is 1. The number of hydrogen-bond acceptors (Lipinski definition) is 5. The van der Waals surface area contributed by atoms with Crippen LogP contribution in [-0.2, 0) is 11.4 Å². The quantitative estimate of drug-likeness (QED) is 0.481. The van der Waals surface area contributed by atoms with Crippen molar-refractivity contribution in [2.75, 3.05) is 7.11 Å². The van der Waals surface area contributed by atoms with Crippen molar-refractivity contribution in [1.29, 1.82) is 0 Å². The van der Waals surface area contributed by atoms with Gasteiger partial charge >= 0.3 is 0 Å². The van der Waals surface area contributed by atoms with Gasteiger partial charge in [0.15, 0.2) is 16.7 Å². The van der Waals surface area contributed by atoms with Crippen molar-refractivity contribution in [2.24, 2.45) is 4.99 Å². The Hall–Kier alpha value is -3.22. The Kier molecular flexibility index (Phi) is 6.60. The first kappa shape index (κ1) is 21.0. The van der Waals surface area contributed by atoms with Crippen LogP contribution in [0.3, 0.4) is 0 Å². The second-order valence-corrected chi connectivity index (χ2v) is 8.08. The van der Waals surface area contributed by atoms with Gasteiger partial charge in [-0.3, -0.25) is 4.79 Å². The zero-order valence-corrected chi connectivity index (χ0v) is 18.2. The van der Waals surface area contributed by atoms with Crippen LogP contribution < -0.4 is 14.8 Å².